The zero-order valence-electron chi connectivity index (χ0n) is 12.2. The van der Waals surface area contributed by atoms with Crippen molar-refractivity contribution in [1.29, 1.82) is 0 Å². The second kappa shape index (κ2) is 5.57. The molecule has 19 heavy (non-hydrogen) atoms. The summed E-state index contributed by atoms with van der Waals surface area (Å²) in [5.41, 5.74) is 6.22. The summed E-state index contributed by atoms with van der Waals surface area (Å²) in [5.74, 6) is 0.957. The number of aliphatic hydroxyl groups excluding tert-OH is 1. The summed E-state index contributed by atoms with van der Waals surface area (Å²) in [6, 6.07) is 6.56. The fourth-order valence-electron chi connectivity index (χ4n) is 2.30. The van der Waals surface area contributed by atoms with E-state index in [1.165, 1.54) is 22.4 Å². The van der Waals surface area contributed by atoms with E-state index in [2.05, 4.69) is 48.5 Å². The Labute approximate surface area is 114 Å². The average Bonchev–Trinajstić information content (AvgIpc) is 2.63. The normalized spacial score (nSPS) is 11.0. The number of aryl methyl sites for hydroxylation is 2. The van der Waals surface area contributed by atoms with Crippen LogP contribution in [0.25, 0.3) is 0 Å². The highest BCUT2D eigenvalue weighted by Gasteiger charge is 2.11. The Kier molecular flexibility index (Phi) is 4.05. The van der Waals surface area contributed by atoms with Gasteiger partial charge < -0.3 is 9.67 Å². The van der Waals surface area contributed by atoms with E-state index in [9.17, 15) is 0 Å². The molecule has 102 valence electrons. The van der Waals surface area contributed by atoms with Crippen LogP contribution < -0.4 is 0 Å². The van der Waals surface area contributed by atoms with Crippen LogP contribution in [0.4, 0.5) is 0 Å². The Balaban J connectivity index is 2.27. The van der Waals surface area contributed by atoms with Gasteiger partial charge in [0.05, 0.1) is 12.3 Å². The zero-order chi connectivity index (χ0) is 14.0. The number of hydrogen-bond donors (Lipinski definition) is 1. The molecule has 0 radical (unpaired) electrons. The van der Waals surface area contributed by atoms with E-state index in [0.29, 0.717) is 6.42 Å². The molecule has 1 heterocycles. The lowest BCUT2D eigenvalue weighted by Gasteiger charge is -2.05. The summed E-state index contributed by atoms with van der Waals surface area (Å²) in [4.78, 5) is 4.65. The fourth-order valence-corrected chi connectivity index (χ4v) is 2.30. The average molecular weight is 258 g/mol. The van der Waals surface area contributed by atoms with Gasteiger partial charge in [0.15, 0.2) is 0 Å². The Hall–Kier alpha value is -1.61. The van der Waals surface area contributed by atoms with Crippen molar-refractivity contribution in [2.75, 3.05) is 6.61 Å². The monoisotopic (exact) mass is 258 g/mol. The molecule has 0 unspecified atom stereocenters. The van der Waals surface area contributed by atoms with Gasteiger partial charge in [-0.05, 0) is 37.5 Å². The Morgan fingerprint density at radius 2 is 1.89 bits per heavy atom. The second-order valence-electron chi connectivity index (χ2n) is 5.19. The fraction of sp³-hybridized carbons (Fsp3) is 0.438. The minimum Gasteiger partial charge on any atom is -0.396 e. The van der Waals surface area contributed by atoms with E-state index in [1.807, 2.05) is 7.05 Å². The highest BCUT2D eigenvalue weighted by Crippen LogP contribution is 2.17. The van der Waals surface area contributed by atoms with Gasteiger partial charge in [-0.15, -0.1) is 0 Å². The summed E-state index contributed by atoms with van der Waals surface area (Å²) >= 11 is 0. The first-order valence-corrected chi connectivity index (χ1v) is 6.71. The smallest absolute Gasteiger partial charge is 0.111 e. The molecule has 1 aromatic carbocycles. The second-order valence-corrected chi connectivity index (χ2v) is 5.19. The van der Waals surface area contributed by atoms with E-state index in [0.717, 1.165) is 17.9 Å². The number of hydrogen-bond acceptors (Lipinski definition) is 2. The summed E-state index contributed by atoms with van der Waals surface area (Å²) in [7, 11) is 2.01. The third kappa shape index (κ3) is 2.87. The van der Waals surface area contributed by atoms with Crippen molar-refractivity contribution in [3.63, 3.8) is 0 Å². The predicted molar refractivity (Wildman–Crippen MR) is 77.5 cm³/mol. The molecule has 2 aromatic rings. The van der Waals surface area contributed by atoms with Gasteiger partial charge >= 0.3 is 0 Å². The molecule has 2 rings (SSSR count). The number of benzene rings is 1. The van der Waals surface area contributed by atoms with Crippen LogP contribution >= 0.6 is 0 Å². The number of imidazole rings is 1. The highest BCUT2D eigenvalue weighted by atomic mass is 16.3. The maximum absolute atomic E-state index is 9.05. The standard InChI is InChI=1S/C16H22N2O/c1-11-5-6-14(9-12(11)2)10-15-13(3)18(4)16(17-15)7-8-19/h5-6,9,19H,7-8,10H2,1-4H3. The molecule has 0 bridgehead atoms. The van der Waals surface area contributed by atoms with Crippen molar-refractivity contribution in [2.24, 2.45) is 7.05 Å². The van der Waals surface area contributed by atoms with E-state index in [4.69, 9.17) is 5.11 Å². The van der Waals surface area contributed by atoms with Crippen LogP contribution in [0, 0.1) is 20.8 Å². The lowest BCUT2D eigenvalue weighted by Crippen LogP contribution is -2.01. The van der Waals surface area contributed by atoms with E-state index >= 15 is 0 Å². The molecule has 0 saturated carbocycles. The molecule has 0 atom stereocenters. The lowest BCUT2D eigenvalue weighted by atomic mass is 10.0. The minimum atomic E-state index is 0.146. The van der Waals surface area contributed by atoms with Crippen LogP contribution in [-0.4, -0.2) is 21.3 Å². The summed E-state index contributed by atoms with van der Waals surface area (Å²) in [6.07, 6.45) is 1.47. The van der Waals surface area contributed by atoms with Gasteiger partial charge in [0.2, 0.25) is 0 Å². The molecule has 0 fully saturated rings. The molecule has 0 aliphatic heterocycles. The Morgan fingerprint density at radius 3 is 2.53 bits per heavy atom. The van der Waals surface area contributed by atoms with Crippen molar-refractivity contribution in [3.05, 3.63) is 52.1 Å². The summed E-state index contributed by atoms with van der Waals surface area (Å²) < 4.78 is 2.08. The van der Waals surface area contributed by atoms with Crippen LogP contribution in [0.1, 0.15) is 33.9 Å². The molecule has 0 saturated heterocycles. The van der Waals surface area contributed by atoms with E-state index in [1.54, 1.807) is 0 Å². The van der Waals surface area contributed by atoms with Crippen molar-refractivity contribution in [1.82, 2.24) is 9.55 Å². The summed E-state index contributed by atoms with van der Waals surface area (Å²) in [6.45, 7) is 6.50. The van der Waals surface area contributed by atoms with Crippen molar-refractivity contribution in [2.45, 2.75) is 33.6 Å². The molecule has 3 nitrogen and oxygen atoms in total. The molecule has 0 aliphatic carbocycles. The van der Waals surface area contributed by atoms with Gasteiger partial charge in [0.25, 0.3) is 0 Å². The molecule has 1 N–H and O–H groups in total. The third-order valence-corrected chi connectivity index (χ3v) is 3.85. The van der Waals surface area contributed by atoms with Gasteiger partial charge in [-0.1, -0.05) is 18.2 Å². The Morgan fingerprint density at radius 1 is 1.16 bits per heavy atom. The van der Waals surface area contributed by atoms with Crippen molar-refractivity contribution in [3.8, 4) is 0 Å². The number of aromatic nitrogens is 2. The molecular formula is C16H22N2O. The van der Waals surface area contributed by atoms with Crippen LogP contribution in [0.5, 0.6) is 0 Å². The molecule has 0 spiro atoms. The van der Waals surface area contributed by atoms with Crippen LogP contribution in [-0.2, 0) is 19.9 Å². The minimum absolute atomic E-state index is 0.146. The molecule has 1 aromatic heterocycles. The first-order chi connectivity index (χ1) is 9.02. The first kappa shape index (κ1) is 13.8. The molecule has 3 heteroatoms. The van der Waals surface area contributed by atoms with Gasteiger partial charge in [0.1, 0.15) is 5.82 Å². The van der Waals surface area contributed by atoms with Gasteiger partial charge in [-0.3, -0.25) is 0 Å². The van der Waals surface area contributed by atoms with E-state index < -0.39 is 0 Å². The zero-order valence-corrected chi connectivity index (χ0v) is 12.2. The van der Waals surface area contributed by atoms with Crippen LogP contribution in [0.2, 0.25) is 0 Å². The largest absolute Gasteiger partial charge is 0.396 e. The maximum Gasteiger partial charge on any atom is 0.111 e. The van der Waals surface area contributed by atoms with Gasteiger partial charge in [0, 0.05) is 25.6 Å². The Bertz CT molecular complexity index is 585. The molecule has 0 aliphatic rings. The van der Waals surface area contributed by atoms with Crippen molar-refractivity contribution < 1.29 is 5.11 Å². The first-order valence-electron chi connectivity index (χ1n) is 6.71. The number of nitrogens with zero attached hydrogens (tertiary/aromatic N) is 2. The van der Waals surface area contributed by atoms with Gasteiger partial charge in [-0.2, -0.15) is 0 Å². The number of aliphatic hydroxyl groups is 1. The predicted octanol–water partition coefficient (Wildman–Crippen LogP) is 2.47. The number of rotatable bonds is 4. The van der Waals surface area contributed by atoms with Crippen LogP contribution in [0.15, 0.2) is 18.2 Å². The van der Waals surface area contributed by atoms with Gasteiger partial charge in [-0.25, -0.2) is 4.98 Å². The highest BCUT2D eigenvalue weighted by molar-refractivity contribution is 5.33. The van der Waals surface area contributed by atoms with Crippen LogP contribution in [0.3, 0.4) is 0 Å². The van der Waals surface area contributed by atoms with Crippen molar-refractivity contribution >= 4 is 0 Å². The quantitative estimate of drug-likeness (QED) is 0.915. The van der Waals surface area contributed by atoms with E-state index in [-0.39, 0.29) is 6.61 Å². The third-order valence-electron chi connectivity index (χ3n) is 3.85. The molecule has 0 amide bonds. The lowest BCUT2D eigenvalue weighted by molar-refractivity contribution is 0.295. The SMILES string of the molecule is Cc1ccc(Cc2nc(CCO)n(C)c2C)cc1C. The summed E-state index contributed by atoms with van der Waals surface area (Å²) in [5, 5.41) is 9.05. The maximum atomic E-state index is 9.05. The molecular weight excluding hydrogens is 236 g/mol. The topological polar surface area (TPSA) is 38.1 Å².